The first-order valence-corrected chi connectivity index (χ1v) is 11.1. The maximum atomic E-state index is 5.63. The average molecular weight is 452 g/mol. The molecule has 1 aliphatic heterocycles. The second-order valence-electron chi connectivity index (χ2n) is 7.70. The number of fused-ring (bicyclic) bond motifs is 2. The number of hydrogen-bond donors (Lipinski definition) is 0. The van der Waals surface area contributed by atoms with Crippen LogP contribution in [0.15, 0.2) is 30.3 Å². The summed E-state index contributed by atoms with van der Waals surface area (Å²) in [4.78, 5) is 5.84. The molecule has 0 bridgehead atoms. The summed E-state index contributed by atoms with van der Waals surface area (Å²) in [5.74, 6) is 3.68. The van der Waals surface area contributed by atoms with Crippen molar-refractivity contribution < 1.29 is 23.7 Å². The van der Waals surface area contributed by atoms with Gasteiger partial charge in [0.1, 0.15) is 16.4 Å². The fourth-order valence-corrected chi connectivity index (χ4v) is 5.05. The maximum absolute atomic E-state index is 5.63. The van der Waals surface area contributed by atoms with Gasteiger partial charge in [-0.1, -0.05) is 11.3 Å². The molecule has 1 fully saturated rings. The van der Waals surface area contributed by atoms with Crippen LogP contribution in [0.25, 0.3) is 27.5 Å². The van der Waals surface area contributed by atoms with Crippen LogP contribution in [0.3, 0.4) is 0 Å². The van der Waals surface area contributed by atoms with Crippen molar-refractivity contribution in [2.24, 2.45) is 0 Å². The van der Waals surface area contributed by atoms with Gasteiger partial charge < -0.3 is 23.7 Å². The molecule has 9 heteroatoms. The Labute approximate surface area is 188 Å². The van der Waals surface area contributed by atoms with Crippen LogP contribution in [-0.2, 0) is 0 Å². The highest BCUT2D eigenvalue weighted by Crippen LogP contribution is 2.47. The van der Waals surface area contributed by atoms with Gasteiger partial charge in [-0.2, -0.15) is 5.10 Å². The van der Waals surface area contributed by atoms with Gasteiger partial charge in [0.05, 0.1) is 21.3 Å². The SMILES string of the molecule is COc1cc(-c2nc3sc(C4CC4)nn3c2-c2ccc3c(c2)OCO3)cc(OC)c1OC. The first kappa shape index (κ1) is 19.2. The van der Waals surface area contributed by atoms with Crippen LogP contribution in [-0.4, -0.2) is 42.7 Å². The van der Waals surface area contributed by atoms with Crippen molar-refractivity contribution in [2.75, 3.05) is 28.1 Å². The minimum atomic E-state index is 0.225. The topological polar surface area (TPSA) is 76.3 Å². The van der Waals surface area contributed by atoms with Crippen LogP contribution in [0.4, 0.5) is 0 Å². The van der Waals surface area contributed by atoms with E-state index in [1.165, 1.54) is 12.8 Å². The summed E-state index contributed by atoms with van der Waals surface area (Å²) in [6.45, 7) is 0.225. The van der Waals surface area contributed by atoms with Crippen molar-refractivity contribution >= 4 is 16.3 Å². The fourth-order valence-electron chi connectivity index (χ4n) is 3.98. The van der Waals surface area contributed by atoms with Gasteiger partial charge in [0.15, 0.2) is 23.0 Å². The minimum Gasteiger partial charge on any atom is -0.493 e. The van der Waals surface area contributed by atoms with Gasteiger partial charge in [-0.05, 0) is 43.2 Å². The average Bonchev–Trinajstić information content (AvgIpc) is 3.26. The Kier molecular flexibility index (Phi) is 4.39. The number of hydrogen-bond acceptors (Lipinski definition) is 8. The summed E-state index contributed by atoms with van der Waals surface area (Å²) >= 11 is 1.64. The normalized spacial score (nSPS) is 14.7. The molecule has 0 unspecified atom stereocenters. The lowest BCUT2D eigenvalue weighted by molar-refractivity contribution is 0.174. The van der Waals surface area contributed by atoms with Gasteiger partial charge in [-0.15, -0.1) is 0 Å². The van der Waals surface area contributed by atoms with Crippen LogP contribution in [0, 0.1) is 0 Å². The van der Waals surface area contributed by atoms with E-state index in [1.54, 1.807) is 32.7 Å². The third kappa shape index (κ3) is 2.96. The molecule has 3 heterocycles. The molecule has 0 spiro atoms. The van der Waals surface area contributed by atoms with Crippen molar-refractivity contribution in [1.82, 2.24) is 14.6 Å². The van der Waals surface area contributed by atoms with Crippen molar-refractivity contribution in [1.29, 1.82) is 0 Å². The molecule has 32 heavy (non-hydrogen) atoms. The number of aromatic nitrogens is 3. The summed E-state index contributed by atoms with van der Waals surface area (Å²) in [6, 6.07) is 9.72. The third-order valence-corrected chi connectivity index (χ3v) is 6.80. The Bertz CT molecular complexity index is 1320. The van der Waals surface area contributed by atoms with E-state index in [1.807, 2.05) is 34.8 Å². The predicted octanol–water partition coefficient (Wildman–Crippen LogP) is 4.76. The van der Waals surface area contributed by atoms with Crippen LogP contribution in [0.2, 0.25) is 0 Å². The molecule has 1 aliphatic carbocycles. The fraction of sp³-hybridized carbons (Fsp3) is 0.304. The molecule has 0 N–H and O–H groups in total. The van der Waals surface area contributed by atoms with Crippen molar-refractivity contribution in [3.63, 3.8) is 0 Å². The zero-order valence-electron chi connectivity index (χ0n) is 17.9. The third-order valence-electron chi connectivity index (χ3n) is 5.73. The molecule has 2 aromatic carbocycles. The Balaban J connectivity index is 1.59. The van der Waals surface area contributed by atoms with E-state index in [-0.39, 0.29) is 6.79 Å². The van der Waals surface area contributed by atoms with E-state index in [0.29, 0.717) is 28.9 Å². The molecule has 2 aromatic heterocycles. The Morgan fingerprint density at radius 2 is 1.69 bits per heavy atom. The maximum Gasteiger partial charge on any atom is 0.231 e. The summed E-state index contributed by atoms with van der Waals surface area (Å²) in [5.41, 5.74) is 3.45. The van der Waals surface area contributed by atoms with Crippen LogP contribution in [0.5, 0.6) is 28.7 Å². The van der Waals surface area contributed by atoms with E-state index in [0.717, 1.165) is 38.2 Å². The lowest BCUT2D eigenvalue weighted by Gasteiger charge is -2.14. The molecule has 2 aliphatic rings. The van der Waals surface area contributed by atoms with Gasteiger partial charge in [0.2, 0.25) is 17.5 Å². The highest BCUT2D eigenvalue weighted by molar-refractivity contribution is 7.16. The summed E-state index contributed by atoms with van der Waals surface area (Å²) < 4.78 is 29.7. The van der Waals surface area contributed by atoms with Crippen LogP contribution < -0.4 is 23.7 Å². The quantitative estimate of drug-likeness (QED) is 0.418. The zero-order chi connectivity index (χ0) is 21.8. The predicted molar refractivity (Wildman–Crippen MR) is 119 cm³/mol. The largest absolute Gasteiger partial charge is 0.493 e. The molecule has 0 atom stereocenters. The van der Waals surface area contributed by atoms with E-state index in [4.69, 9.17) is 33.8 Å². The molecule has 4 aromatic rings. The monoisotopic (exact) mass is 451 g/mol. The number of methoxy groups -OCH3 is 3. The van der Waals surface area contributed by atoms with E-state index >= 15 is 0 Å². The standard InChI is InChI=1S/C23H21N3O5S/c1-27-17-9-14(10-18(28-2)21(17)29-3)19-20(13-6-7-15-16(8-13)31-11-30-15)26-23(24-19)32-22(25-26)12-4-5-12/h6-10,12H,4-5,11H2,1-3H3. The molecule has 164 valence electrons. The van der Waals surface area contributed by atoms with Crippen molar-refractivity contribution in [3.8, 4) is 51.3 Å². The molecule has 6 rings (SSSR count). The molecule has 1 saturated carbocycles. The highest BCUT2D eigenvalue weighted by atomic mass is 32.1. The minimum absolute atomic E-state index is 0.225. The highest BCUT2D eigenvalue weighted by Gasteiger charge is 2.30. The molecule has 0 saturated heterocycles. The number of ether oxygens (including phenoxy) is 5. The molecule has 0 radical (unpaired) electrons. The van der Waals surface area contributed by atoms with E-state index in [2.05, 4.69) is 0 Å². The van der Waals surface area contributed by atoms with Gasteiger partial charge in [-0.3, -0.25) is 0 Å². The molecule has 8 nitrogen and oxygen atoms in total. The van der Waals surface area contributed by atoms with Crippen molar-refractivity contribution in [3.05, 3.63) is 35.3 Å². The first-order chi connectivity index (χ1) is 15.7. The second kappa shape index (κ2) is 7.30. The number of imidazole rings is 1. The Hall–Kier alpha value is -3.46. The summed E-state index contributed by atoms with van der Waals surface area (Å²) in [7, 11) is 4.80. The molecular weight excluding hydrogens is 430 g/mol. The summed E-state index contributed by atoms with van der Waals surface area (Å²) in [5, 5.41) is 6.05. The lowest BCUT2D eigenvalue weighted by Crippen LogP contribution is -1.97. The van der Waals surface area contributed by atoms with E-state index in [9.17, 15) is 0 Å². The first-order valence-electron chi connectivity index (χ1n) is 10.3. The number of nitrogens with zero attached hydrogens (tertiary/aromatic N) is 3. The lowest BCUT2D eigenvalue weighted by atomic mass is 10.0. The second-order valence-corrected chi connectivity index (χ2v) is 8.69. The van der Waals surface area contributed by atoms with Gasteiger partial charge >= 0.3 is 0 Å². The molecular formula is C23H21N3O5S. The number of rotatable bonds is 6. The number of benzene rings is 2. The van der Waals surface area contributed by atoms with Crippen LogP contribution in [0.1, 0.15) is 23.8 Å². The van der Waals surface area contributed by atoms with E-state index < -0.39 is 0 Å². The zero-order valence-corrected chi connectivity index (χ0v) is 18.7. The summed E-state index contributed by atoms with van der Waals surface area (Å²) in [6.07, 6.45) is 2.38. The van der Waals surface area contributed by atoms with Gasteiger partial charge in [0.25, 0.3) is 0 Å². The van der Waals surface area contributed by atoms with Gasteiger partial charge in [-0.25, -0.2) is 9.50 Å². The van der Waals surface area contributed by atoms with Crippen molar-refractivity contribution in [2.45, 2.75) is 18.8 Å². The smallest absolute Gasteiger partial charge is 0.231 e. The Morgan fingerprint density at radius 3 is 2.38 bits per heavy atom. The van der Waals surface area contributed by atoms with Gasteiger partial charge in [0, 0.05) is 17.0 Å². The molecule has 0 amide bonds. The van der Waals surface area contributed by atoms with Crippen LogP contribution >= 0.6 is 11.3 Å². The Morgan fingerprint density at radius 1 is 0.938 bits per heavy atom.